The Kier molecular flexibility index (Phi) is 2.23. The Bertz CT molecular complexity index is 406. The predicted molar refractivity (Wildman–Crippen MR) is 56.5 cm³/mol. The summed E-state index contributed by atoms with van der Waals surface area (Å²) in [6.07, 6.45) is 1.86. The number of halogens is 1. The van der Waals surface area contributed by atoms with Crippen LogP contribution in [0.15, 0.2) is 28.7 Å². The Morgan fingerprint density at radius 3 is 2.73 bits per heavy atom. The maximum atomic E-state index is 12.6. The van der Waals surface area contributed by atoms with Crippen LogP contribution < -0.4 is 0 Å². The van der Waals surface area contributed by atoms with Gasteiger partial charge in [0.1, 0.15) is 5.82 Å². The monoisotopic (exact) mass is 224 g/mol. The largest absolute Gasteiger partial charge is 0.255 e. The number of benzene rings is 1. The molecule has 0 N–H and O–H groups in total. The molecule has 2 unspecified atom stereocenters. The van der Waals surface area contributed by atoms with Gasteiger partial charge in [-0.05, 0) is 30.5 Å². The fourth-order valence-electron chi connectivity index (χ4n) is 1.55. The van der Waals surface area contributed by atoms with Crippen molar-refractivity contribution in [3.63, 3.8) is 0 Å². The molecule has 0 bridgehead atoms. The summed E-state index contributed by atoms with van der Waals surface area (Å²) in [5.41, 5.74) is 2.20. The van der Waals surface area contributed by atoms with Gasteiger partial charge in [-0.15, -0.1) is 0 Å². The van der Waals surface area contributed by atoms with E-state index in [-0.39, 0.29) is 12.0 Å². The molecule has 2 aliphatic rings. The molecule has 1 saturated heterocycles. The third-order valence-corrected chi connectivity index (χ3v) is 3.21. The van der Waals surface area contributed by atoms with Gasteiger partial charge in [0.2, 0.25) is 6.23 Å². The van der Waals surface area contributed by atoms with Crippen molar-refractivity contribution >= 4 is 17.8 Å². The van der Waals surface area contributed by atoms with Crippen LogP contribution in [0.3, 0.4) is 0 Å². The molecule has 2 aliphatic heterocycles. The van der Waals surface area contributed by atoms with E-state index < -0.39 is 0 Å². The first-order chi connectivity index (χ1) is 7.33. The lowest BCUT2D eigenvalue weighted by Gasteiger charge is -2.00. The van der Waals surface area contributed by atoms with Gasteiger partial charge < -0.3 is 0 Å². The lowest BCUT2D eigenvalue weighted by Crippen LogP contribution is -2.06. The molecule has 2 atom stereocenters. The zero-order valence-corrected chi connectivity index (χ0v) is 8.71. The van der Waals surface area contributed by atoms with Crippen molar-refractivity contribution in [3.05, 3.63) is 35.6 Å². The van der Waals surface area contributed by atoms with Crippen molar-refractivity contribution in [3.8, 4) is 0 Å². The summed E-state index contributed by atoms with van der Waals surface area (Å²) in [5.74, 6) is -0.191. The molecule has 0 aliphatic carbocycles. The van der Waals surface area contributed by atoms with Crippen LogP contribution in [0, 0.1) is 5.82 Å². The minimum absolute atomic E-state index is 0.107. The molecule has 0 aromatic heterocycles. The molecule has 1 fully saturated rings. The summed E-state index contributed by atoms with van der Waals surface area (Å²) >= 11 is 1.36. The Morgan fingerprint density at radius 2 is 2.13 bits per heavy atom. The van der Waals surface area contributed by atoms with E-state index in [1.807, 2.05) is 12.1 Å². The highest BCUT2D eigenvalue weighted by Crippen LogP contribution is 2.39. The summed E-state index contributed by atoms with van der Waals surface area (Å²) < 4.78 is 18.7. The van der Waals surface area contributed by atoms with Crippen molar-refractivity contribution < 1.29 is 9.23 Å². The SMILES string of the molecule is Fc1ccc(CCC2=NSN3OC23)cc1. The quantitative estimate of drug-likeness (QED) is 0.582. The first-order valence-electron chi connectivity index (χ1n) is 4.77. The second-order valence-electron chi connectivity index (χ2n) is 3.53. The van der Waals surface area contributed by atoms with Crippen LogP contribution in [-0.2, 0) is 11.3 Å². The summed E-state index contributed by atoms with van der Waals surface area (Å²) in [6.45, 7) is 0. The molecule has 78 valence electrons. The second-order valence-corrected chi connectivity index (χ2v) is 4.24. The Hall–Kier alpha value is -0.910. The number of hydroxylamine groups is 1. The number of fused-ring (bicyclic) bond motifs is 1. The fraction of sp³-hybridized carbons (Fsp3) is 0.300. The number of hydrogen-bond donors (Lipinski definition) is 0. The van der Waals surface area contributed by atoms with Crippen LogP contribution >= 0.6 is 12.1 Å². The van der Waals surface area contributed by atoms with Crippen LogP contribution in [0.1, 0.15) is 12.0 Å². The lowest BCUT2D eigenvalue weighted by molar-refractivity contribution is 0.307. The topological polar surface area (TPSA) is 27.9 Å². The molecule has 2 heterocycles. The molecule has 1 aromatic rings. The predicted octanol–water partition coefficient (Wildman–Crippen LogP) is 2.35. The first kappa shape index (κ1) is 9.33. The summed E-state index contributed by atoms with van der Waals surface area (Å²) in [4.78, 5) is 5.18. The van der Waals surface area contributed by atoms with Crippen LogP contribution in [0.2, 0.25) is 0 Å². The summed E-state index contributed by atoms with van der Waals surface area (Å²) in [6, 6.07) is 6.59. The van der Waals surface area contributed by atoms with Crippen LogP contribution in [0.25, 0.3) is 0 Å². The molecular formula is C10H9FN2OS. The zero-order chi connectivity index (χ0) is 10.3. The Labute approximate surface area is 91.2 Å². The van der Waals surface area contributed by atoms with Gasteiger partial charge in [-0.1, -0.05) is 16.6 Å². The Morgan fingerprint density at radius 1 is 1.33 bits per heavy atom. The molecule has 3 rings (SSSR count). The van der Waals surface area contributed by atoms with Crippen LogP contribution in [0.4, 0.5) is 4.39 Å². The maximum Gasteiger partial charge on any atom is 0.207 e. The number of nitrogens with zero attached hydrogens (tertiary/aromatic N) is 2. The fourth-order valence-corrected chi connectivity index (χ4v) is 2.24. The molecule has 0 radical (unpaired) electrons. The van der Waals surface area contributed by atoms with E-state index >= 15 is 0 Å². The van der Waals surface area contributed by atoms with Gasteiger partial charge in [0.05, 0.1) is 17.8 Å². The summed E-state index contributed by atoms with van der Waals surface area (Å²) in [7, 11) is 0. The molecule has 5 heteroatoms. The molecule has 15 heavy (non-hydrogen) atoms. The van der Waals surface area contributed by atoms with Crippen molar-refractivity contribution in [1.29, 1.82) is 0 Å². The van der Waals surface area contributed by atoms with E-state index in [1.165, 1.54) is 24.3 Å². The highest BCUT2D eigenvalue weighted by atomic mass is 32.2. The van der Waals surface area contributed by atoms with E-state index in [9.17, 15) is 4.39 Å². The third kappa shape index (κ3) is 1.90. The van der Waals surface area contributed by atoms with E-state index in [0.717, 1.165) is 24.1 Å². The van der Waals surface area contributed by atoms with Gasteiger partial charge in [-0.2, -0.15) is 0 Å². The number of rotatable bonds is 3. The van der Waals surface area contributed by atoms with Crippen LogP contribution in [0.5, 0.6) is 0 Å². The van der Waals surface area contributed by atoms with Gasteiger partial charge >= 0.3 is 0 Å². The Balaban J connectivity index is 1.59. The lowest BCUT2D eigenvalue weighted by atomic mass is 10.1. The van der Waals surface area contributed by atoms with E-state index in [2.05, 4.69) is 4.40 Å². The van der Waals surface area contributed by atoms with Gasteiger partial charge in [0.25, 0.3) is 0 Å². The average Bonchev–Trinajstić information content (AvgIpc) is 2.93. The zero-order valence-electron chi connectivity index (χ0n) is 7.89. The van der Waals surface area contributed by atoms with Crippen molar-refractivity contribution in [1.82, 2.24) is 4.47 Å². The number of aryl methyl sites for hydroxylation is 1. The number of hydrogen-bond acceptors (Lipinski definition) is 4. The minimum Gasteiger partial charge on any atom is -0.255 e. The van der Waals surface area contributed by atoms with Crippen molar-refractivity contribution in [2.24, 2.45) is 4.40 Å². The van der Waals surface area contributed by atoms with Crippen molar-refractivity contribution in [2.45, 2.75) is 19.1 Å². The molecule has 1 aromatic carbocycles. The molecule has 0 spiro atoms. The van der Waals surface area contributed by atoms with E-state index in [4.69, 9.17) is 4.84 Å². The second kappa shape index (κ2) is 3.59. The average molecular weight is 224 g/mol. The van der Waals surface area contributed by atoms with Crippen molar-refractivity contribution in [2.75, 3.05) is 0 Å². The molecular weight excluding hydrogens is 215 g/mol. The van der Waals surface area contributed by atoms with E-state index in [1.54, 1.807) is 4.47 Å². The normalized spacial score (nSPS) is 27.4. The summed E-state index contributed by atoms with van der Waals surface area (Å²) in [5, 5.41) is 0. The minimum atomic E-state index is -0.191. The van der Waals surface area contributed by atoms with Gasteiger partial charge in [-0.25, -0.2) is 8.79 Å². The third-order valence-electron chi connectivity index (χ3n) is 2.46. The smallest absolute Gasteiger partial charge is 0.207 e. The highest BCUT2D eigenvalue weighted by molar-refractivity contribution is 7.96. The highest BCUT2D eigenvalue weighted by Gasteiger charge is 2.46. The maximum absolute atomic E-state index is 12.6. The van der Waals surface area contributed by atoms with Gasteiger partial charge in [0, 0.05) is 0 Å². The molecule has 3 nitrogen and oxygen atoms in total. The molecule has 0 amide bonds. The van der Waals surface area contributed by atoms with Crippen LogP contribution in [-0.4, -0.2) is 16.4 Å². The van der Waals surface area contributed by atoms with Gasteiger partial charge in [0.15, 0.2) is 0 Å². The van der Waals surface area contributed by atoms with E-state index in [0.29, 0.717) is 0 Å². The van der Waals surface area contributed by atoms with Gasteiger partial charge in [-0.3, -0.25) is 4.84 Å². The first-order valence-corrected chi connectivity index (χ1v) is 5.50. The molecule has 0 saturated carbocycles. The standard InChI is InChI=1S/C10H9FN2OS/c11-8-4-1-7(2-5-8)3-6-9-10-13(14-10)15-12-9/h1-2,4-5,10H,3,6H2.